The number of hydrogen-bond acceptors (Lipinski definition) is 3. The van der Waals surface area contributed by atoms with E-state index in [1.807, 2.05) is 60.7 Å². The second kappa shape index (κ2) is 9.81. The van der Waals surface area contributed by atoms with Crippen molar-refractivity contribution in [1.82, 2.24) is 0 Å². The molecule has 0 saturated carbocycles. The van der Waals surface area contributed by atoms with Crippen LogP contribution in [0.2, 0.25) is 5.02 Å². The summed E-state index contributed by atoms with van der Waals surface area (Å²) in [6.45, 7) is 0. The summed E-state index contributed by atoms with van der Waals surface area (Å²) in [6, 6.07) is 32.6. The lowest BCUT2D eigenvalue weighted by Gasteiger charge is -2.24. The molecule has 1 aliphatic rings. The predicted octanol–water partition coefficient (Wildman–Crippen LogP) is 7.18. The lowest BCUT2D eigenvalue weighted by atomic mass is 9.76. The lowest BCUT2D eigenvalue weighted by molar-refractivity contribution is 0.0799. The van der Waals surface area contributed by atoms with Crippen LogP contribution in [-0.2, 0) is 0 Å². The third kappa shape index (κ3) is 4.36. The number of rotatable bonds is 7. The summed E-state index contributed by atoms with van der Waals surface area (Å²) in [5, 5.41) is 0.352. The number of benzene rings is 4. The fourth-order valence-electron chi connectivity index (χ4n) is 5.19. The lowest BCUT2D eigenvalue weighted by Crippen LogP contribution is -2.29. The minimum atomic E-state index is -0.729. The van der Waals surface area contributed by atoms with Gasteiger partial charge in [-0.25, -0.2) is 0 Å². The molecule has 3 unspecified atom stereocenters. The maximum atomic E-state index is 14.0. The Morgan fingerprint density at radius 2 is 1.14 bits per heavy atom. The number of carbonyl (C=O) groups excluding carboxylic acids is 3. The maximum absolute atomic E-state index is 14.0. The summed E-state index contributed by atoms with van der Waals surface area (Å²) in [5.74, 6) is -2.27. The van der Waals surface area contributed by atoms with Gasteiger partial charge in [-0.15, -0.1) is 0 Å². The molecule has 0 heterocycles. The molecule has 3 atom stereocenters. The molecule has 0 aromatic heterocycles. The number of ketones is 3. The first-order chi connectivity index (χ1) is 17.1. The van der Waals surface area contributed by atoms with Gasteiger partial charge in [-0.1, -0.05) is 109 Å². The normalized spacial score (nSPS) is 18.6. The molecule has 4 heteroatoms. The van der Waals surface area contributed by atoms with Crippen LogP contribution in [0.4, 0.5) is 0 Å². The molecule has 1 aliphatic carbocycles. The van der Waals surface area contributed by atoms with Gasteiger partial charge in [0.1, 0.15) is 0 Å². The first-order valence-corrected chi connectivity index (χ1v) is 12.0. The van der Waals surface area contributed by atoms with Crippen molar-refractivity contribution in [2.75, 3.05) is 0 Å². The molecule has 5 rings (SSSR count). The highest BCUT2D eigenvalue weighted by Crippen LogP contribution is 2.51. The van der Waals surface area contributed by atoms with Gasteiger partial charge >= 0.3 is 0 Å². The number of fused-ring (bicyclic) bond motifs is 1. The van der Waals surface area contributed by atoms with Crippen LogP contribution < -0.4 is 0 Å². The Kier molecular flexibility index (Phi) is 6.43. The average molecular weight is 479 g/mol. The van der Waals surface area contributed by atoms with E-state index in [1.54, 1.807) is 48.5 Å². The largest absolute Gasteiger partial charge is 0.294 e. The van der Waals surface area contributed by atoms with Gasteiger partial charge in [0, 0.05) is 34.9 Å². The molecular formula is C31H23ClO3. The van der Waals surface area contributed by atoms with E-state index in [2.05, 4.69) is 0 Å². The zero-order valence-electron chi connectivity index (χ0n) is 18.9. The van der Waals surface area contributed by atoms with E-state index in [-0.39, 0.29) is 23.8 Å². The van der Waals surface area contributed by atoms with Gasteiger partial charge in [-0.3, -0.25) is 14.4 Å². The highest BCUT2D eigenvalue weighted by molar-refractivity contribution is 6.34. The summed E-state index contributed by atoms with van der Waals surface area (Å²) in [6.07, 6.45) is 0.135. The Labute approximate surface area is 209 Å². The van der Waals surface area contributed by atoms with Crippen molar-refractivity contribution in [1.29, 1.82) is 0 Å². The van der Waals surface area contributed by atoms with Crippen LogP contribution in [0.3, 0.4) is 0 Å². The van der Waals surface area contributed by atoms with Crippen LogP contribution in [0, 0.1) is 5.92 Å². The van der Waals surface area contributed by atoms with Crippen molar-refractivity contribution in [3.05, 3.63) is 142 Å². The van der Waals surface area contributed by atoms with Crippen LogP contribution in [0.5, 0.6) is 0 Å². The second-order valence-electron chi connectivity index (χ2n) is 8.81. The topological polar surface area (TPSA) is 51.2 Å². The summed E-state index contributed by atoms with van der Waals surface area (Å²) in [4.78, 5) is 41.2. The van der Waals surface area contributed by atoms with Crippen molar-refractivity contribution >= 4 is 29.0 Å². The Morgan fingerprint density at radius 1 is 0.600 bits per heavy atom. The van der Waals surface area contributed by atoms with Crippen molar-refractivity contribution in [2.24, 2.45) is 5.92 Å². The van der Waals surface area contributed by atoms with E-state index in [1.165, 1.54) is 0 Å². The van der Waals surface area contributed by atoms with Gasteiger partial charge < -0.3 is 0 Å². The summed E-state index contributed by atoms with van der Waals surface area (Å²) < 4.78 is 0. The fraction of sp³-hybridized carbons (Fsp3) is 0.129. The monoisotopic (exact) mass is 478 g/mol. The highest BCUT2D eigenvalue weighted by atomic mass is 35.5. The smallest absolute Gasteiger partial charge is 0.172 e. The Balaban J connectivity index is 1.63. The molecule has 172 valence electrons. The second-order valence-corrected chi connectivity index (χ2v) is 9.21. The van der Waals surface area contributed by atoms with Gasteiger partial charge in [0.05, 0.1) is 10.9 Å². The molecule has 35 heavy (non-hydrogen) atoms. The van der Waals surface area contributed by atoms with Crippen LogP contribution in [-0.4, -0.2) is 17.3 Å². The number of carbonyl (C=O) groups is 3. The highest BCUT2D eigenvalue weighted by Gasteiger charge is 2.48. The van der Waals surface area contributed by atoms with Gasteiger partial charge in [-0.2, -0.15) is 0 Å². The molecule has 0 bridgehead atoms. The SMILES string of the molecule is O=C(CC1c2ccccc2C(C(=O)c2ccccc2Cl)C1C(=O)c1ccccc1)c1ccccc1. The molecule has 3 nitrogen and oxygen atoms in total. The van der Waals surface area contributed by atoms with E-state index in [4.69, 9.17) is 11.6 Å². The van der Waals surface area contributed by atoms with E-state index in [0.717, 1.165) is 11.1 Å². The molecule has 4 aromatic carbocycles. The predicted molar refractivity (Wildman–Crippen MR) is 137 cm³/mol. The Morgan fingerprint density at radius 3 is 1.80 bits per heavy atom. The molecule has 0 radical (unpaired) electrons. The average Bonchev–Trinajstić information content (AvgIpc) is 3.23. The zero-order chi connectivity index (χ0) is 24.4. The third-order valence-electron chi connectivity index (χ3n) is 6.81. The van der Waals surface area contributed by atoms with Gasteiger partial charge in [0.2, 0.25) is 0 Å². The fourth-order valence-corrected chi connectivity index (χ4v) is 5.42. The maximum Gasteiger partial charge on any atom is 0.172 e. The summed E-state index contributed by atoms with van der Waals surface area (Å²) in [5.41, 5.74) is 3.17. The third-order valence-corrected chi connectivity index (χ3v) is 7.14. The van der Waals surface area contributed by atoms with Gasteiger partial charge in [0.15, 0.2) is 17.3 Å². The summed E-state index contributed by atoms with van der Waals surface area (Å²) >= 11 is 6.41. The quantitative estimate of drug-likeness (QED) is 0.264. The van der Waals surface area contributed by atoms with Crippen LogP contribution in [0.1, 0.15) is 60.5 Å². The number of hydrogen-bond donors (Lipinski definition) is 0. The van der Waals surface area contributed by atoms with E-state index in [9.17, 15) is 14.4 Å². The molecule has 0 aliphatic heterocycles. The van der Waals surface area contributed by atoms with Crippen LogP contribution >= 0.6 is 11.6 Å². The number of halogens is 1. The molecule has 0 saturated heterocycles. The molecule has 4 aromatic rings. The molecule has 0 N–H and O–H groups in total. The van der Waals surface area contributed by atoms with Crippen molar-refractivity contribution in [3.8, 4) is 0 Å². The van der Waals surface area contributed by atoms with Crippen molar-refractivity contribution < 1.29 is 14.4 Å². The molecular weight excluding hydrogens is 456 g/mol. The molecule has 0 amide bonds. The molecule has 0 fully saturated rings. The molecule has 0 spiro atoms. The van der Waals surface area contributed by atoms with E-state index in [0.29, 0.717) is 21.7 Å². The van der Waals surface area contributed by atoms with E-state index >= 15 is 0 Å². The van der Waals surface area contributed by atoms with Gasteiger partial charge in [-0.05, 0) is 23.3 Å². The van der Waals surface area contributed by atoms with Crippen molar-refractivity contribution in [2.45, 2.75) is 18.3 Å². The van der Waals surface area contributed by atoms with Crippen LogP contribution in [0.15, 0.2) is 109 Å². The van der Waals surface area contributed by atoms with Crippen molar-refractivity contribution in [3.63, 3.8) is 0 Å². The number of Topliss-reactive ketones (excluding diaryl/α,β-unsaturated/α-hetero) is 3. The Hall–Kier alpha value is -3.82. The minimum Gasteiger partial charge on any atom is -0.294 e. The first kappa shape index (κ1) is 22.9. The van der Waals surface area contributed by atoms with Gasteiger partial charge in [0.25, 0.3) is 0 Å². The Bertz CT molecular complexity index is 1400. The minimum absolute atomic E-state index is 0.0536. The zero-order valence-corrected chi connectivity index (χ0v) is 19.7. The standard InChI is InChI=1S/C31H23ClO3/c32-26-18-10-9-17-24(26)31(35)28-23-16-8-7-15-22(23)25(19-27(33)20-11-3-1-4-12-20)29(28)30(34)21-13-5-2-6-14-21/h1-18,25,28-29H,19H2. The van der Waals surface area contributed by atoms with Crippen LogP contribution in [0.25, 0.3) is 0 Å². The first-order valence-electron chi connectivity index (χ1n) is 11.6. The summed E-state index contributed by atoms with van der Waals surface area (Å²) in [7, 11) is 0. The van der Waals surface area contributed by atoms with E-state index < -0.39 is 17.8 Å².